The van der Waals surface area contributed by atoms with Crippen LogP contribution in [0.15, 0.2) is 42.7 Å². The Morgan fingerprint density at radius 2 is 2.08 bits per heavy atom. The van der Waals surface area contributed by atoms with Crippen LogP contribution in [0, 0.1) is 0 Å². The van der Waals surface area contributed by atoms with Gasteiger partial charge in [0.1, 0.15) is 5.82 Å². The van der Waals surface area contributed by atoms with Gasteiger partial charge in [-0.1, -0.05) is 30.3 Å². The number of hydrogen-bond donors (Lipinski definition) is 2. The van der Waals surface area contributed by atoms with Crippen molar-refractivity contribution >= 4 is 16.1 Å². The van der Waals surface area contributed by atoms with Crippen LogP contribution < -0.4 is 10.5 Å². The van der Waals surface area contributed by atoms with Gasteiger partial charge in [-0.05, 0) is 18.4 Å². The first-order valence-electron chi connectivity index (χ1n) is 8.52. The first-order chi connectivity index (χ1) is 12.4. The second-order valence-electron chi connectivity index (χ2n) is 6.38. The molecule has 1 aliphatic heterocycles. The number of imidazole rings is 1. The molecule has 140 valence electrons. The van der Waals surface area contributed by atoms with E-state index in [1.807, 2.05) is 29.0 Å². The van der Waals surface area contributed by atoms with E-state index in [9.17, 15) is 13.2 Å². The minimum Gasteiger partial charge on any atom is -0.333 e. The van der Waals surface area contributed by atoms with Gasteiger partial charge in [0.2, 0.25) is 10.0 Å². The van der Waals surface area contributed by atoms with Gasteiger partial charge in [0, 0.05) is 32.0 Å². The lowest BCUT2D eigenvalue weighted by Crippen LogP contribution is -2.40. The number of nitrogens with zero attached hydrogens (tertiary/aromatic N) is 3. The van der Waals surface area contributed by atoms with Gasteiger partial charge >= 0.3 is 6.03 Å². The van der Waals surface area contributed by atoms with E-state index in [1.165, 1.54) is 10.5 Å². The molecule has 3 N–H and O–H groups in total. The minimum absolute atomic E-state index is 0.132. The van der Waals surface area contributed by atoms with Gasteiger partial charge in [0.25, 0.3) is 0 Å². The third-order valence-electron chi connectivity index (χ3n) is 4.58. The summed E-state index contributed by atoms with van der Waals surface area (Å²) in [6.07, 6.45) is 4.84. The van der Waals surface area contributed by atoms with Crippen molar-refractivity contribution in [1.29, 1.82) is 0 Å². The normalized spacial score (nSPS) is 17.4. The van der Waals surface area contributed by atoms with Gasteiger partial charge in [0.05, 0.1) is 11.8 Å². The van der Waals surface area contributed by atoms with Gasteiger partial charge < -0.3 is 14.8 Å². The maximum atomic E-state index is 12.2. The van der Waals surface area contributed by atoms with Crippen LogP contribution in [0.4, 0.5) is 4.79 Å². The van der Waals surface area contributed by atoms with Crippen molar-refractivity contribution in [3.63, 3.8) is 0 Å². The summed E-state index contributed by atoms with van der Waals surface area (Å²) in [5.74, 6) is 0.761. The van der Waals surface area contributed by atoms with Gasteiger partial charge in [-0.3, -0.25) is 0 Å². The fourth-order valence-electron chi connectivity index (χ4n) is 3.05. The molecule has 1 saturated heterocycles. The lowest BCUT2D eigenvalue weighted by molar-refractivity contribution is 0.208. The van der Waals surface area contributed by atoms with E-state index in [4.69, 9.17) is 5.14 Å². The highest BCUT2D eigenvalue weighted by atomic mass is 32.2. The topological polar surface area (TPSA) is 110 Å². The number of hydrogen-bond acceptors (Lipinski definition) is 4. The van der Waals surface area contributed by atoms with E-state index in [2.05, 4.69) is 22.4 Å². The Balaban J connectivity index is 1.51. The Kier molecular flexibility index (Phi) is 5.58. The van der Waals surface area contributed by atoms with Crippen molar-refractivity contribution in [2.24, 2.45) is 5.14 Å². The zero-order valence-corrected chi connectivity index (χ0v) is 15.2. The first-order valence-corrected chi connectivity index (χ1v) is 10.1. The van der Waals surface area contributed by atoms with Crippen molar-refractivity contribution in [1.82, 2.24) is 19.8 Å². The molecule has 0 aliphatic carbocycles. The maximum Gasteiger partial charge on any atom is 0.317 e. The number of aromatic nitrogens is 2. The van der Waals surface area contributed by atoms with Gasteiger partial charge in [-0.25, -0.2) is 23.3 Å². The molecule has 0 bridgehead atoms. The van der Waals surface area contributed by atoms with E-state index in [0.29, 0.717) is 13.0 Å². The summed E-state index contributed by atoms with van der Waals surface area (Å²) in [5.41, 5.74) is 1.24. The van der Waals surface area contributed by atoms with E-state index in [-0.39, 0.29) is 19.1 Å². The molecule has 1 aromatic heterocycles. The molecule has 26 heavy (non-hydrogen) atoms. The van der Waals surface area contributed by atoms with Gasteiger partial charge in [-0.2, -0.15) is 0 Å². The number of nitrogens with two attached hydrogens (primary N) is 1. The van der Waals surface area contributed by atoms with Crippen LogP contribution >= 0.6 is 0 Å². The molecule has 0 spiro atoms. The summed E-state index contributed by atoms with van der Waals surface area (Å²) in [7, 11) is -3.61. The van der Waals surface area contributed by atoms with Crippen molar-refractivity contribution in [2.45, 2.75) is 31.2 Å². The number of rotatable bonds is 6. The summed E-state index contributed by atoms with van der Waals surface area (Å²) in [6.45, 7) is 1.58. The Labute approximate surface area is 153 Å². The van der Waals surface area contributed by atoms with Crippen molar-refractivity contribution in [2.75, 3.05) is 13.1 Å². The number of benzene rings is 1. The molecule has 1 aliphatic rings. The molecule has 3 rings (SSSR count). The number of aryl methyl sites for hydroxylation is 2. The smallest absolute Gasteiger partial charge is 0.317 e. The second-order valence-corrected chi connectivity index (χ2v) is 8.22. The van der Waals surface area contributed by atoms with Crippen LogP contribution in [0.1, 0.15) is 17.8 Å². The zero-order valence-electron chi connectivity index (χ0n) is 14.4. The van der Waals surface area contributed by atoms with E-state index in [0.717, 1.165) is 18.8 Å². The summed E-state index contributed by atoms with van der Waals surface area (Å²) in [5, 5.41) is 7.28. The molecule has 2 amide bonds. The Morgan fingerprint density at radius 3 is 2.77 bits per heavy atom. The number of urea groups is 1. The van der Waals surface area contributed by atoms with Crippen molar-refractivity contribution in [3.05, 3.63) is 54.1 Å². The molecule has 9 heteroatoms. The first kappa shape index (κ1) is 18.4. The fourth-order valence-corrected chi connectivity index (χ4v) is 3.87. The highest BCUT2D eigenvalue weighted by Gasteiger charge is 2.33. The predicted octanol–water partition coefficient (Wildman–Crippen LogP) is 0.698. The van der Waals surface area contributed by atoms with Crippen LogP contribution in [-0.2, 0) is 29.5 Å². The fraction of sp³-hybridized carbons (Fsp3) is 0.412. The van der Waals surface area contributed by atoms with Crippen LogP contribution in [0.3, 0.4) is 0 Å². The largest absolute Gasteiger partial charge is 0.333 e. The number of sulfonamides is 1. The third-order valence-corrected chi connectivity index (χ3v) is 5.89. The Morgan fingerprint density at radius 1 is 1.31 bits per heavy atom. The summed E-state index contributed by atoms with van der Waals surface area (Å²) >= 11 is 0. The molecule has 1 atom stereocenters. The number of carbonyl (C=O) groups excluding carboxylic acids is 1. The lowest BCUT2D eigenvalue weighted by Gasteiger charge is -2.17. The molecule has 0 radical (unpaired) electrons. The highest BCUT2D eigenvalue weighted by Crippen LogP contribution is 2.15. The minimum atomic E-state index is -3.61. The SMILES string of the molecule is NS(=O)(=O)C1CCN(C(=O)NCc2nccn2CCc2ccccc2)C1. The highest BCUT2D eigenvalue weighted by molar-refractivity contribution is 7.89. The zero-order chi connectivity index (χ0) is 18.6. The summed E-state index contributed by atoms with van der Waals surface area (Å²) in [4.78, 5) is 18.0. The van der Waals surface area contributed by atoms with E-state index < -0.39 is 15.3 Å². The molecular weight excluding hydrogens is 354 g/mol. The third kappa shape index (κ3) is 4.61. The average Bonchev–Trinajstić information content (AvgIpc) is 3.28. The van der Waals surface area contributed by atoms with Crippen molar-refractivity contribution < 1.29 is 13.2 Å². The number of carbonyl (C=O) groups is 1. The number of likely N-dealkylation sites (tertiary alicyclic amines) is 1. The molecule has 2 heterocycles. The second kappa shape index (κ2) is 7.88. The Bertz CT molecular complexity index is 850. The molecule has 2 aromatic rings. The molecule has 0 saturated carbocycles. The molecule has 1 unspecified atom stereocenters. The van der Waals surface area contributed by atoms with E-state index in [1.54, 1.807) is 6.20 Å². The number of amides is 2. The summed E-state index contributed by atoms with van der Waals surface area (Å²) < 4.78 is 24.8. The molecule has 1 fully saturated rings. The van der Waals surface area contributed by atoms with Crippen molar-refractivity contribution in [3.8, 4) is 0 Å². The lowest BCUT2D eigenvalue weighted by atomic mass is 10.1. The maximum absolute atomic E-state index is 12.2. The average molecular weight is 377 g/mol. The molecule has 1 aromatic carbocycles. The van der Waals surface area contributed by atoms with Gasteiger partial charge in [-0.15, -0.1) is 0 Å². The Hall–Kier alpha value is -2.39. The number of nitrogens with one attached hydrogen (secondary N) is 1. The van der Waals surface area contributed by atoms with Crippen LogP contribution in [-0.4, -0.2) is 47.2 Å². The molecule has 8 nitrogen and oxygen atoms in total. The van der Waals surface area contributed by atoms with E-state index >= 15 is 0 Å². The van der Waals surface area contributed by atoms with Crippen LogP contribution in [0.2, 0.25) is 0 Å². The monoisotopic (exact) mass is 377 g/mol. The number of primary sulfonamides is 1. The molecular formula is C17H23N5O3S. The standard InChI is InChI=1S/C17H23N5O3S/c18-26(24,25)15-7-10-22(13-15)17(23)20-12-16-19-8-11-21(16)9-6-14-4-2-1-3-5-14/h1-5,8,11,15H,6-7,9-10,12-13H2,(H,20,23)(H2,18,24,25). The predicted molar refractivity (Wildman–Crippen MR) is 97.7 cm³/mol. The van der Waals surface area contributed by atoms with Crippen LogP contribution in [0.5, 0.6) is 0 Å². The van der Waals surface area contributed by atoms with Gasteiger partial charge in [0.15, 0.2) is 0 Å². The quantitative estimate of drug-likeness (QED) is 0.772. The summed E-state index contributed by atoms with van der Waals surface area (Å²) in [6, 6.07) is 9.86. The van der Waals surface area contributed by atoms with Crippen LogP contribution in [0.25, 0.3) is 0 Å².